The van der Waals surface area contributed by atoms with E-state index in [4.69, 9.17) is 9.40 Å². The van der Waals surface area contributed by atoms with Gasteiger partial charge in [0.05, 0.1) is 0 Å². The molecule has 0 unspecified atom stereocenters. The molecule has 0 fully saturated rings. The summed E-state index contributed by atoms with van der Waals surface area (Å²) >= 11 is 0. The number of anilines is 3. The van der Waals surface area contributed by atoms with Crippen LogP contribution in [0.4, 0.5) is 17.2 Å². The first-order valence-electron chi connectivity index (χ1n) is 19.0. The number of aromatic nitrogens is 1. The smallest absolute Gasteiger partial charge is 0.229 e. The molecule has 3 heteroatoms. The number of hydrogen-bond donors (Lipinski definition) is 0. The van der Waals surface area contributed by atoms with Crippen LogP contribution in [0, 0.1) is 0 Å². The molecule has 11 aromatic rings. The van der Waals surface area contributed by atoms with E-state index in [1.807, 2.05) is 0 Å². The highest BCUT2D eigenvalue weighted by atomic mass is 16.3. The van der Waals surface area contributed by atoms with E-state index in [2.05, 4.69) is 211 Å². The van der Waals surface area contributed by atoms with Gasteiger partial charge < -0.3 is 4.42 Å². The molecule has 0 aliphatic rings. The standard InChI is InChI=1S/C53H34N2O/c1-2-11-36(12-3-1)47-30-25-37-14-7-9-19-46(37)52(47)39-23-28-43(29-24-39)55(42-26-21-38(22-27-42)45-20-10-17-35-13-6-8-18-44(35)45)51-32-31-48-49-33-40-15-4-5-16-41(40)34-50(49)56-53(48)54-51/h1-34H. The van der Waals surface area contributed by atoms with Gasteiger partial charge in [0, 0.05) is 22.1 Å². The van der Waals surface area contributed by atoms with Crippen LogP contribution in [0.1, 0.15) is 0 Å². The molecule has 56 heavy (non-hydrogen) atoms. The quantitative estimate of drug-likeness (QED) is 0.172. The summed E-state index contributed by atoms with van der Waals surface area (Å²) in [5.74, 6) is 0.780. The minimum Gasteiger partial charge on any atom is -0.438 e. The molecule has 0 N–H and O–H groups in total. The number of nitrogens with zero attached hydrogens (tertiary/aromatic N) is 2. The second-order valence-corrected chi connectivity index (χ2v) is 14.4. The van der Waals surface area contributed by atoms with Gasteiger partial charge in [0.1, 0.15) is 11.4 Å². The Morgan fingerprint density at radius 1 is 0.357 bits per heavy atom. The fourth-order valence-corrected chi connectivity index (χ4v) is 8.36. The summed E-state index contributed by atoms with van der Waals surface area (Å²) in [6, 6.07) is 73.5. The average molecular weight is 715 g/mol. The van der Waals surface area contributed by atoms with Gasteiger partial charge in [0.2, 0.25) is 5.71 Å². The molecule has 262 valence electrons. The van der Waals surface area contributed by atoms with Gasteiger partial charge in [-0.3, -0.25) is 4.90 Å². The highest BCUT2D eigenvalue weighted by molar-refractivity contribution is 6.10. The molecule has 0 saturated heterocycles. The molecule has 2 heterocycles. The lowest BCUT2D eigenvalue weighted by molar-refractivity contribution is 0.655. The van der Waals surface area contributed by atoms with Crippen molar-refractivity contribution in [3.8, 4) is 33.4 Å². The van der Waals surface area contributed by atoms with Crippen LogP contribution in [-0.4, -0.2) is 4.98 Å². The summed E-state index contributed by atoms with van der Waals surface area (Å²) in [4.78, 5) is 7.44. The van der Waals surface area contributed by atoms with Gasteiger partial charge >= 0.3 is 0 Å². The molecule has 0 amide bonds. The Hall–Kier alpha value is -7.49. The third-order valence-corrected chi connectivity index (χ3v) is 11.1. The Kier molecular flexibility index (Phi) is 7.49. The van der Waals surface area contributed by atoms with E-state index in [-0.39, 0.29) is 0 Å². The first-order chi connectivity index (χ1) is 27.7. The molecule has 0 aliphatic heterocycles. The van der Waals surface area contributed by atoms with Crippen LogP contribution in [0.5, 0.6) is 0 Å². The van der Waals surface area contributed by atoms with Crippen LogP contribution in [0.3, 0.4) is 0 Å². The zero-order chi connectivity index (χ0) is 37.0. The summed E-state index contributed by atoms with van der Waals surface area (Å²) in [5, 5.41) is 9.31. The van der Waals surface area contributed by atoms with Crippen molar-refractivity contribution in [1.82, 2.24) is 4.98 Å². The van der Waals surface area contributed by atoms with Crippen molar-refractivity contribution in [1.29, 1.82) is 0 Å². The topological polar surface area (TPSA) is 29.3 Å². The number of fused-ring (bicyclic) bond motifs is 6. The largest absolute Gasteiger partial charge is 0.438 e. The van der Waals surface area contributed by atoms with E-state index >= 15 is 0 Å². The Morgan fingerprint density at radius 2 is 0.946 bits per heavy atom. The predicted molar refractivity (Wildman–Crippen MR) is 235 cm³/mol. The SMILES string of the molecule is c1ccc(-c2ccc3ccccc3c2-c2ccc(N(c3ccc(-c4cccc5ccccc45)cc3)c3ccc4c(n3)oc3cc5ccccc5cc34)cc2)cc1. The number of rotatable bonds is 6. The third-order valence-electron chi connectivity index (χ3n) is 11.1. The average Bonchev–Trinajstić information content (AvgIpc) is 3.62. The summed E-state index contributed by atoms with van der Waals surface area (Å²) < 4.78 is 6.48. The van der Waals surface area contributed by atoms with Crippen LogP contribution in [0.2, 0.25) is 0 Å². The summed E-state index contributed by atoms with van der Waals surface area (Å²) in [5.41, 5.74) is 10.6. The molecule has 2 aromatic heterocycles. The van der Waals surface area contributed by atoms with E-state index in [0.29, 0.717) is 5.71 Å². The van der Waals surface area contributed by atoms with E-state index in [1.165, 1.54) is 49.2 Å². The lowest BCUT2D eigenvalue weighted by Gasteiger charge is -2.25. The molecule has 11 rings (SSSR count). The van der Waals surface area contributed by atoms with E-state index in [9.17, 15) is 0 Å². The molecular formula is C53H34N2O. The maximum atomic E-state index is 6.48. The van der Waals surface area contributed by atoms with Gasteiger partial charge in [0.15, 0.2) is 0 Å². The maximum Gasteiger partial charge on any atom is 0.229 e. The monoisotopic (exact) mass is 714 g/mol. The van der Waals surface area contributed by atoms with Crippen molar-refractivity contribution in [3.05, 3.63) is 206 Å². The Balaban J connectivity index is 1.06. The van der Waals surface area contributed by atoms with Crippen molar-refractivity contribution >= 4 is 71.6 Å². The molecule has 9 aromatic carbocycles. The first kappa shape index (κ1) is 32.0. The number of furan rings is 1. The normalized spacial score (nSPS) is 11.6. The minimum absolute atomic E-state index is 0.616. The fourth-order valence-electron chi connectivity index (χ4n) is 8.36. The molecule has 0 saturated carbocycles. The van der Waals surface area contributed by atoms with Gasteiger partial charge in [-0.05, 0) is 114 Å². The lowest BCUT2D eigenvalue weighted by Crippen LogP contribution is -2.11. The molecular weight excluding hydrogens is 681 g/mol. The van der Waals surface area contributed by atoms with Crippen LogP contribution in [0.25, 0.3) is 87.8 Å². The summed E-state index contributed by atoms with van der Waals surface area (Å²) in [6.07, 6.45) is 0. The van der Waals surface area contributed by atoms with Crippen molar-refractivity contribution in [3.63, 3.8) is 0 Å². The Bertz CT molecular complexity index is 3230. The first-order valence-corrected chi connectivity index (χ1v) is 19.0. The van der Waals surface area contributed by atoms with Gasteiger partial charge in [-0.1, -0.05) is 158 Å². The van der Waals surface area contributed by atoms with E-state index in [1.54, 1.807) is 0 Å². The van der Waals surface area contributed by atoms with Gasteiger partial charge in [-0.25, -0.2) is 0 Å². The van der Waals surface area contributed by atoms with Crippen molar-refractivity contribution in [2.24, 2.45) is 0 Å². The summed E-state index contributed by atoms with van der Waals surface area (Å²) in [7, 11) is 0. The summed E-state index contributed by atoms with van der Waals surface area (Å²) in [6.45, 7) is 0. The second-order valence-electron chi connectivity index (χ2n) is 14.4. The van der Waals surface area contributed by atoms with E-state index in [0.717, 1.165) is 50.1 Å². The van der Waals surface area contributed by atoms with Gasteiger partial charge in [-0.15, -0.1) is 0 Å². The van der Waals surface area contributed by atoms with Crippen LogP contribution < -0.4 is 4.90 Å². The highest BCUT2D eigenvalue weighted by Gasteiger charge is 2.19. The molecule has 0 atom stereocenters. The van der Waals surface area contributed by atoms with Gasteiger partial charge in [0.25, 0.3) is 0 Å². The molecule has 0 spiro atoms. The van der Waals surface area contributed by atoms with Crippen LogP contribution in [0.15, 0.2) is 211 Å². The highest BCUT2D eigenvalue weighted by Crippen LogP contribution is 2.42. The lowest BCUT2D eigenvalue weighted by atomic mass is 9.89. The number of hydrogen-bond acceptors (Lipinski definition) is 3. The predicted octanol–water partition coefficient (Wildman–Crippen LogP) is 14.9. The number of benzene rings is 9. The van der Waals surface area contributed by atoms with E-state index < -0.39 is 0 Å². The van der Waals surface area contributed by atoms with Crippen LogP contribution in [-0.2, 0) is 0 Å². The van der Waals surface area contributed by atoms with Crippen molar-refractivity contribution in [2.75, 3.05) is 4.90 Å². The molecule has 0 bridgehead atoms. The van der Waals surface area contributed by atoms with Crippen molar-refractivity contribution < 1.29 is 4.42 Å². The van der Waals surface area contributed by atoms with Crippen LogP contribution >= 0.6 is 0 Å². The molecule has 0 radical (unpaired) electrons. The molecule has 3 nitrogen and oxygen atoms in total. The number of pyridine rings is 1. The second kappa shape index (κ2) is 13.1. The van der Waals surface area contributed by atoms with Gasteiger partial charge in [-0.2, -0.15) is 4.98 Å². The zero-order valence-corrected chi connectivity index (χ0v) is 30.4. The molecule has 0 aliphatic carbocycles. The fraction of sp³-hybridized carbons (Fsp3) is 0. The minimum atomic E-state index is 0.616. The Labute approximate surface area is 324 Å². The maximum absolute atomic E-state index is 6.48. The van der Waals surface area contributed by atoms with Crippen molar-refractivity contribution in [2.45, 2.75) is 0 Å². The zero-order valence-electron chi connectivity index (χ0n) is 30.4. The Morgan fingerprint density at radius 3 is 1.70 bits per heavy atom. The third kappa shape index (κ3) is 5.40.